The number of fused-ring (bicyclic) bond motifs is 1. The minimum absolute atomic E-state index is 0.195. The maximum absolute atomic E-state index is 11.6. The molecule has 0 atom stereocenters. The molecule has 0 N–H and O–H groups in total. The van der Waals surface area contributed by atoms with Gasteiger partial charge in [0, 0.05) is 13.1 Å². The van der Waals surface area contributed by atoms with Crippen LogP contribution in [0.2, 0.25) is 0 Å². The van der Waals surface area contributed by atoms with E-state index in [1.165, 1.54) is 11.8 Å². The molecule has 0 saturated heterocycles. The molecule has 15 nitrogen and oxygen atoms in total. The maximum Gasteiger partial charge on any atom is 0.316 e. The number of carbonyl (C=O) groups is 1. The number of imidazole rings is 1. The van der Waals surface area contributed by atoms with Gasteiger partial charge in [0.1, 0.15) is 0 Å². The molecule has 3 aromatic rings. The molecule has 39 heavy (non-hydrogen) atoms. The molecule has 0 radical (unpaired) electrons. The van der Waals surface area contributed by atoms with Crippen LogP contribution in [-0.4, -0.2) is 67.2 Å². The third kappa shape index (κ3) is 8.34. The van der Waals surface area contributed by atoms with Gasteiger partial charge < -0.3 is 19.3 Å². The van der Waals surface area contributed by atoms with Gasteiger partial charge in [0.15, 0.2) is 5.16 Å². The molecule has 210 valence electrons. The smallest absolute Gasteiger partial charge is 0.316 e. The number of hydrogen-bond acceptors (Lipinski definition) is 12. The van der Waals surface area contributed by atoms with Crippen LogP contribution >= 0.6 is 11.8 Å². The number of nitro benzene ring substituents is 3. The Labute approximate surface area is 226 Å². The molecule has 1 heterocycles. The highest BCUT2D eigenvalue weighted by atomic mass is 32.2. The summed E-state index contributed by atoms with van der Waals surface area (Å²) in [5.41, 5.74) is -1.18. The lowest BCUT2D eigenvalue weighted by Crippen LogP contribution is -2.27. The molecule has 0 bridgehead atoms. The van der Waals surface area contributed by atoms with Gasteiger partial charge in [-0.05, 0) is 32.1 Å². The van der Waals surface area contributed by atoms with E-state index in [0.29, 0.717) is 24.5 Å². The van der Waals surface area contributed by atoms with Crippen LogP contribution in [0.4, 0.5) is 17.1 Å². The lowest BCUT2D eigenvalue weighted by molar-refractivity contribution is -0.420. The zero-order valence-corrected chi connectivity index (χ0v) is 22.3. The average molecular weight is 564 g/mol. The van der Waals surface area contributed by atoms with Gasteiger partial charge in [-0.1, -0.05) is 37.7 Å². The molecule has 1 aromatic heterocycles. The third-order valence-corrected chi connectivity index (χ3v) is 6.37. The van der Waals surface area contributed by atoms with E-state index in [1.54, 1.807) is 0 Å². The molecule has 0 saturated carbocycles. The SMILES string of the molecule is CCOC(=O)CSc1nc2ccccc2n1CCN(CC)CC.O=[N+]([O-])c1cc([N+](=O)[O-])c([O-])c([N+](=O)[O-])c1. The van der Waals surface area contributed by atoms with Crippen molar-refractivity contribution in [1.82, 2.24) is 14.5 Å². The number of hydrogen-bond donors (Lipinski definition) is 0. The maximum atomic E-state index is 11.6. The van der Waals surface area contributed by atoms with Crippen molar-refractivity contribution in [1.29, 1.82) is 0 Å². The highest BCUT2D eigenvalue weighted by molar-refractivity contribution is 7.99. The standard InChI is InChI=1S/C17H25N3O2S.C6H3N3O7/c1-4-19(5-2)11-12-20-15-10-8-7-9-14(15)18-17(20)23-13-16(21)22-6-3;10-6-4(8(13)14)1-3(7(11)12)2-5(6)9(15)16/h7-10H,4-6,11-13H2,1-3H3;1-2,10H/p-1. The van der Waals surface area contributed by atoms with Gasteiger partial charge in [0.05, 0.1) is 56.0 Å². The summed E-state index contributed by atoms with van der Waals surface area (Å²) in [7, 11) is 0. The quantitative estimate of drug-likeness (QED) is 0.134. The van der Waals surface area contributed by atoms with Crippen molar-refractivity contribution in [3.8, 4) is 5.75 Å². The lowest BCUT2D eigenvalue weighted by Gasteiger charge is -2.19. The van der Waals surface area contributed by atoms with Gasteiger partial charge in [0.2, 0.25) is 0 Å². The van der Waals surface area contributed by atoms with E-state index < -0.39 is 37.6 Å². The second-order valence-electron chi connectivity index (χ2n) is 7.74. The first kappa shape index (κ1) is 30.9. The van der Waals surface area contributed by atoms with E-state index in [4.69, 9.17) is 4.74 Å². The fourth-order valence-corrected chi connectivity index (χ4v) is 4.29. The fourth-order valence-electron chi connectivity index (χ4n) is 3.45. The van der Waals surface area contributed by atoms with Gasteiger partial charge in [-0.2, -0.15) is 0 Å². The molecular formula is C23H27N6O9S-. The Morgan fingerprint density at radius 3 is 2.10 bits per heavy atom. The highest BCUT2D eigenvalue weighted by Crippen LogP contribution is 2.36. The number of nitro groups is 3. The molecule has 0 aliphatic rings. The van der Waals surface area contributed by atoms with Crippen molar-refractivity contribution in [2.45, 2.75) is 32.5 Å². The Balaban J connectivity index is 0.000000293. The Morgan fingerprint density at radius 1 is 1.00 bits per heavy atom. The molecule has 0 aliphatic heterocycles. The minimum atomic E-state index is -1.46. The van der Waals surface area contributed by atoms with Crippen LogP contribution in [0.25, 0.3) is 11.0 Å². The highest BCUT2D eigenvalue weighted by Gasteiger charge is 2.24. The first-order valence-electron chi connectivity index (χ1n) is 11.8. The van der Waals surface area contributed by atoms with Crippen LogP contribution in [0.15, 0.2) is 41.6 Å². The summed E-state index contributed by atoms with van der Waals surface area (Å²) in [6.07, 6.45) is 0. The van der Waals surface area contributed by atoms with Crippen molar-refractivity contribution >= 4 is 45.8 Å². The number of nitrogens with zero attached hydrogens (tertiary/aromatic N) is 6. The molecule has 0 unspecified atom stereocenters. The van der Waals surface area contributed by atoms with Crippen LogP contribution in [0.3, 0.4) is 0 Å². The summed E-state index contributed by atoms with van der Waals surface area (Å²) in [5, 5.41) is 43.0. The number of para-hydroxylation sites is 2. The van der Waals surface area contributed by atoms with Gasteiger partial charge in [-0.3, -0.25) is 35.1 Å². The summed E-state index contributed by atoms with van der Waals surface area (Å²) in [4.78, 5) is 46.2. The summed E-state index contributed by atoms with van der Waals surface area (Å²) in [5.74, 6) is -1.36. The number of esters is 1. The Bertz CT molecular complexity index is 1310. The van der Waals surface area contributed by atoms with Crippen molar-refractivity contribution in [3.63, 3.8) is 0 Å². The van der Waals surface area contributed by atoms with E-state index in [0.717, 1.165) is 42.4 Å². The largest absolute Gasteiger partial charge is 0.863 e. The van der Waals surface area contributed by atoms with Crippen molar-refractivity contribution in [2.75, 3.05) is 32.0 Å². The van der Waals surface area contributed by atoms with Crippen LogP contribution in [0, 0.1) is 30.3 Å². The fraction of sp³-hybridized carbons (Fsp3) is 0.391. The first-order chi connectivity index (χ1) is 18.5. The number of thioether (sulfide) groups is 1. The molecule has 2 aromatic carbocycles. The Morgan fingerprint density at radius 2 is 1.59 bits per heavy atom. The van der Waals surface area contributed by atoms with Crippen LogP contribution in [-0.2, 0) is 16.1 Å². The van der Waals surface area contributed by atoms with Gasteiger partial charge >= 0.3 is 5.97 Å². The average Bonchev–Trinajstić information content (AvgIpc) is 3.25. The third-order valence-electron chi connectivity index (χ3n) is 5.42. The summed E-state index contributed by atoms with van der Waals surface area (Å²) >= 11 is 1.45. The molecule has 0 fully saturated rings. The predicted octanol–water partition coefficient (Wildman–Crippen LogP) is 3.52. The van der Waals surface area contributed by atoms with E-state index in [9.17, 15) is 40.2 Å². The Hall–Kier alpha value is -4.31. The molecular weight excluding hydrogens is 536 g/mol. The van der Waals surface area contributed by atoms with Crippen molar-refractivity contribution < 1.29 is 29.4 Å². The number of ether oxygens (including phenoxy) is 1. The van der Waals surface area contributed by atoms with Crippen LogP contribution in [0.1, 0.15) is 20.8 Å². The minimum Gasteiger partial charge on any atom is -0.863 e. The topological polar surface area (TPSA) is 200 Å². The number of aromatic nitrogens is 2. The molecule has 0 aliphatic carbocycles. The number of rotatable bonds is 12. The Kier molecular flexibility index (Phi) is 11.6. The number of carbonyl (C=O) groups excluding carboxylic acids is 1. The molecule has 3 rings (SSSR count). The van der Waals surface area contributed by atoms with Crippen LogP contribution in [0.5, 0.6) is 5.75 Å². The van der Waals surface area contributed by atoms with E-state index >= 15 is 0 Å². The van der Waals surface area contributed by atoms with Crippen molar-refractivity contribution in [3.05, 3.63) is 66.7 Å². The van der Waals surface area contributed by atoms with E-state index in [1.807, 2.05) is 25.1 Å². The van der Waals surface area contributed by atoms with Crippen LogP contribution < -0.4 is 5.11 Å². The van der Waals surface area contributed by atoms with E-state index in [2.05, 4.69) is 34.4 Å². The first-order valence-corrected chi connectivity index (χ1v) is 12.8. The van der Waals surface area contributed by atoms with Gasteiger partial charge in [-0.15, -0.1) is 0 Å². The molecule has 0 amide bonds. The number of non-ortho nitro benzene ring substituents is 1. The normalized spacial score (nSPS) is 10.7. The predicted molar refractivity (Wildman–Crippen MR) is 141 cm³/mol. The van der Waals surface area contributed by atoms with Crippen molar-refractivity contribution in [2.24, 2.45) is 0 Å². The molecule has 16 heteroatoms. The second-order valence-corrected chi connectivity index (χ2v) is 8.68. The summed E-state index contributed by atoms with van der Waals surface area (Å²) in [6.45, 7) is 10.5. The van der Waals surface area contributed by atoms with Gasteiger partial charge in [-0.25, -0.2) is 4.98 Å². The summed E-state index contributed by atoms with van der Waals surface area (Å²) < 4.78 is 7.21. The number of benzene rings is 2. The molecule has 0 spiro atoms. The number of likely N-dealkylation sites (N-methyl/N-ethyl adjacent to an activating group) is 1. The second kappa shape index (κ2) is 14.6. The zero-order chi connectivity index (χ0) is 29.1. The van der Waals surface area contributed by atoms with E-state index in [-0.39, 0.29) is 5.97 Å². The zero-order valence-electron chi connectivity index (χ0n) is 21.5. The lowest BCUT2D eigenvalue weighted by atomic mass is 10.2. The summed E-state index contributed by atoms with van der Waals surface area (Å²) in [6, 6.07) is 8.88. The monoisotopic (exact) mass is 563 g/mol. The van der Waals surface area contributed by atoms with Gasteiger partial charge in [0.25, 0.3) is 17.1 Å².